The van der Waals surface area contributed by atoms with Crippen molar-refractivity contribution in [1.29, 1.82) is 0 Å². The van der Waals surface area contributed by atoms with Crippen molar-refractivity contribution in [3.63, 3.8) is 0 Å². The number of rotatable bonds is 9. The van der Waals surface area contributed by atoms with Crippen LogP contribution in [0.25, 0.3) is 0 Å². The van der Waals surface area contributed by atoms with Crippen LogP contribution < -0.4 is 4.74 Å². The molecule has 3 nitrogen and oxygen atoms in total. The van der Waals surface area contributed by atoms with Crippen LogP contribution in [0, 0.1) is 0 Å². The van der Waals surface area contributed by atoms with E-state index in [0.29, 0.717) is 22.9 Å². The zero-order valence-electron chi connectivity index (χ0n) is 18.5. The Hall–Kier alpha value is -2.62. The average molecular weight is 448 g/mol. The number of ketones is 1. The molecule has 0 radical (unpaired) electrons. The Morgan fingerprint density at radius 1 is 0.906 bits per heavy atom. The number of hydrogen-bond donors (Lipinski definition) is 0. The summed E-state index contributed by atoms with van der Waals surface area (Å²) in [6, 6.07) is 25.5. The monoisotopic (exact) mass is 447 g/mol. The molecular formula is C28H30ClNO2. The zero-order valence-corrected chi connectivity index (χ0v) is 19.3. The normalized spacial score (nSPS) is 15.9. The molecule has 1 aliphatic heterocycles. The molecule has 2 atom stereocenters. The first-order valence-electron chi connectivity index (χ1n) is 11.4. The van der Waals surface area contributed by atoms with Gasteiger partial charge in [-0.1, -0.05) is 73.1 Å². The zero-order chi connectivity index (χ0) is 22.3. The molecule has 0 aromatic heterocycles. The second-order valence-corrected chi connectivity index (χ2v) is 8.92. The van der Waals surface area contributed by atoms with Gasteiger partial charge in [-0.15, -0.1) is 0 Å². The molecule has 0 amide bonds. The maximum atomic E-state index is 14.0. The fourth-order valence-corrected chi connectivity index (χ4v) is 4.67. The number of carbonyl (C=O) groups excluding carboxylic acids is 1. The van der Waals surface area contributed by atoms with E-state index in [0.717, 1.165) is 30.8 Å². The Labute approximate surface area is 196 Å². The van der Waals surface area contributed by atoms with Crippen LogP contribution in [0.15, 0.2) is 78.9 Å². The van der Waals surface area contributed by atoms with Crippen LogP contribution in [-0.2, 0) is 0 Å². The average Bonchev–Trinajstić information content (AvgIpc) is 3.34. The van der Waals surface area contributed by atoms with Gasteiger partial charge in [0, 0.05) is 11.6 Å². The van der Waals surface area contributed by atoms with Gasteiger partial charge in [0.25, 0.3) is 0 Å². The van der Waals surface area contributed by atoms with Gasteiger partial charge in [0.05, 0.1) is 11.5 Å². The van der Waals surface area contributed by atoms with Crippen molar-refractivity contribution in [1.82, 2.24) is 4.90 Å². The third kappa shape index (κ3) is 5.40. The van der Waals surface area contributed by atoms with E-state index in [9.17, 15) is 4.79 Å². The summed E-state index contributed by atoms with van der Waals surface area (Å²) in [4.78, 5) is 16.4. The smallest absolute Gasteiger partial charge is 0.174 e. The lowest BCUT2D eigenvalue weighted by molar-refractivity contribution is 0.0944. The summed E-state index contributed by atoms with van der Waals surface area (Å²) in [5.41, 5.74) is 2.74. The van der Waals surface area contributed by atoms with Gasteiger partial charge in [-0.2, -0.15) is 0 Å². The van der Waals surface area contributed by atoms with Crippen LogP contribution in [0.2, 0.25) is 5.02 Å². The van der Waals surface area contributed by atoms with E-state index >= 15 is 0 Å². The molecule has 32 heavy (non-hydrogen) atoms. The molecular weight excluding hydrogens is 418 g/mol. The van der Waals surface area contributed by atoms with Gasteiger partial charge in [-0.05, 0) is 67.2 Å². The number of ether oxygens (including phenoxy) is 1. The van der Waals surface area contributed by atoms with E-state index in [2.05, 4.69) is 11.8 Å². The van der Waals surface area contributed by atoms with Crippen molar-refractivity contribution in [3.05, 3.63) is 101 Å². The second-order valence-electron chi connectivity index (χ2n) is 8.49. The van der Waals surface area contributed by atoms with Crippen LogP contribution in [-0.4, -0.2) is 36.9 Å². The standard InChI is InChI=1S/C28H30ClNO2/c1-21(22-13-15-24(29)16-14-22)27(23-9-3-2-4-10-23)28(31)25-11-5-6-12-26(25)32-20-19-30-17-7-8-18-30/h2-6,9-16,21,27H,7-8,17-20H2,1H3/t21-,27+/m0/s1. The lowest BCUT2D eigenvalue weighted by Gasteiger charge is -2.25. The Morgan fingerprint density at radius 2 is 1.56 bits per heavy atom. The first kappa shape index (κ1) is 22.6. The van der Waals surface area contributed by atoms with Crippen molar-refractivity contribution in [2.24, 2.45) is 0 Å². The van der Waals surface area contributed by atoms with E-state index in [4.69, 9.17) is 16.3 Å². The second kappa shape index (κ2) is 10.8. The van der Waals surface area contributed by atoms with Crippen molar-refractivity contribution in [2.75, 3.05) is 26.2 Å². The van der Waals surface area contributed by atoms with E-state index < -0.39 is 0 Å². The molecule has 0 N–H and O–H groups in total. The quantitative estimate of drug-likeness (QED) is 0.347. The summed E-state index contributed by atoms with van der Waals surface area (Å²) < 4.78 is 6.13. The number of hydrogen-bond acceptors (Lipinski definition) is 3. The van der Waals surface area contributed by atoms with Gasteiger partial charge in [0.15, 0.2) is 5.78 Å². The number of para-hydroxylation sites is 1. The number of carbonyl (C=O) groups is 1. The van der Waals surface area contributed by atoms with Gasteiger partial charge in [0.2, 0.25) is 0 Å². The lowest BCUT2D eigenvalue weighted by atomic mass is 9.78. The Kier molecular flexibility index (Phi) is 7.62. The largest absolute Gasteiger partial charge is 0.491 e. The summed E-state index contributed by atoms with van der Waals surface area (Å²) in [5, 5.41) is 0.695. The number of benzene rings is 3. The predicted octanol–water partition coefficient (Wildman–Crippen LogP) is 6.58. The van der Waals surface area contributed by atoms with Gasteiger partial charge in [-0.25, -0.2) is 0 Å². The highest BCUT2D eigenvalue weighted by molar-refractivity contribution is 6.30. The number of nitrogens with zero attached hydrogens (tertiary/aromatic N) is 1. The maximum Gasteiger partial charge on any atom is 0.174 e. The molecule has 0 aliphatic carbocycles. The van der Waals surface area contributed by atoms with Crippen LogP contribution in [0.5, 0.6) is 5.75 Å². The lowest BCUT2D eigenvalue weighted by Crippen LogP contribution is -2.25. The molecule has 3 aromatic rings. The first-order valence-corrected chi connectivity index (χ1v) is 11.8. The Bertz CT molecular complexity index is 1010. The summed E-state index contributed by atoms with van der Waals surface area (Å²) in [6.07, 6.45) is 2.52. The van der Waals surface area contributed by atoms with E-state index in [1.807, 2.05) is 78.9 Å². The van der Waals surface area contributed by atoms with E-state index in [1.165, 1.54) is 12.8 Å². The van der Waals surface area contributed by atoms with E-state index in [1.54, 1.807) is 0 Å². The molecule has 0 spiro atoms. The van der Waals surface area contributed by atoms with Crippen LogP contribution in [0.4, 0.5) is 0 Å². The van der Waals surface area contributed by atoms with Gasteiger partial charge < -0.3 is 4.74 Å². The minimum Gasteiger partial charge on any atom is -0.491 e. The molecule has 1 heterocycles. The highest BCUT2D eigenvalue weighted by atomic mass is 35.5. The maximum absolute atomic E-state index is 14.0. The minimum absolute atomic E-state index is 0.0141. The summed E-state index contributed by atoms with van der Waals surface area (Å²) in [5.74, 6) is 0.414. The highest BCUT2D eigenvalue weighted by Crippen LogP contribution is 2.37. The van der Waals surface area contributed by atoms with Gasteiger partial charge >= 0.3 is 0 Å². The predicted molar refractivity (Wildman–Crippen MR) is 131 cm³/mol. The van der Waals surface area contributed by atoms with Gasteiger partial charge in [0.1, 0.15) is 12.4 Å². The summed E-state index contributed by atoms with van der Waals surface area (Å²) in [6.45, 7) is 5.87. The first-order chi connectivity index (χ1) is 15.6. The summed E-state index contributed by atoms with van der Waals surface area (Å²) >= 11 is 6.10. The fourth-order valence-electron chi connectivity index (χ4n) is 4.54. The van der Waals surface area contributed by atoms with E-state index in [-0.39, 0.29) is 17.6 Å². The van der Waals surface area contributed by atoms with Crippen LogP contribution in [0.1, 0.15) is 53.1 Å². The molecule has 0 saturated carbocycles. The molecule has 4 rings (SSSR count). The summed E-state index contributed by atoms with van der Waals surface area (Å²) in [7, 11) is 0. The Balaban J connectivity index is 1.60. The SMILES string of the molecule is C[C@@H](c1ccc(Cl)cc1)[C@@H](C(=O)c1ccccc1OCCN1CCCC1)c1ccccc1. The minimum atomic E-state index is -0.319. The topological polar surface area (TPSA) is 29.5 Å². The molecule has 0 unspecified atom stereocenters. The molecule has 1 aliphatic rings. The molecule has 1 saturated heterocycles. The molecule has 166 valence electrons. The molecule has 3 aromatic carbocycles. The molecule has 0 bridgehead atoms. The van der Waals surface area contributed by atoms with Crippen molar-refractivity contribution in [2.45, 2.75) is 31.6 Å². The van der Waals surface area contributed by atoms with Crippen LogP contribution in [0.3, 0.4) is 0 Å². The van der Waals surface area contributed by atoms with Crippen LogP contribution >= 0.6 is 11.6 Å². The van der Waals surface area contributed by atoms with Crippen molar-refractivity contribution < 1.29 is 9.53 Å². The van der Waals surface area contributed by atoms with Crippen molar-refractivity contribution in [3.8, 4) is 5.75 Å². The molecule has 4 heteroatoms. The third-order valence-electron chi connectivity index (χ3n) is 6.35. The number of halogens is 1. The van der Waals surface area contributed by atoms with Gasteiger partial charge in [-0.3, -0.25) is 9.69 Å². The van der Waals surface area contributed by atoms with Crippen molar-refractivity contribution >= 4 is 17.4 Å². The number of likely N-dealkylation sites (tertiary alicyclic amines) is 1. The third-order valence-corrected chi connectivity index (χ3v) is 6.61. The molecule has 1 fully saturated rings. The fraction of sp³-hybridized carbons (Fsp3) is 0.321. The number of Topliss-reactive ketones (excluding diaryl/α,β-unsaturated/α-hetero) is 1. The Morgan fingerprint density at radius 3 is 2.28 bits per heavy atom. The highest BCUT2D eigenvalue weighted by Gasteiger charge is 2.30.